The topological polar surface area (TPSA) is 82.0 Å². The van der Waals surface area contributed by atoms with Crippen molar-refractivity contribution in [2.45, 2.75) is 0 Å². The van der Waals surface area contributed by atoms with E-state index in [1.807, 2.05) is 7.05 Å². The smallest absolute Gasteiger partial charge is 0.200 e. The molecule has 0 aliphatic carbocycles. The van der Waals surface area contributed by atoms with Gasteiger partial charge in [0, 0.05) is 7.05 Å². The van der Waals surface area contributed by atoms with E-state index in [2.05, 4.69) is 20.9 Å². The number of H-pyrrole nitrogens is 1. The predicted octanol–water partition coefficient (Wildman–Crippen LogP) is 0.00269. The van der Waals surface area contributed by atoms with Gasteiger partial charge in [-0.3, -0.25) is 10.4 Å². The molecule has 1 aliphatic rings. The predicted molar refractivity (Wildman–Crippen MR) is 49.0 cm³/mol. The quantitative estimate of drug-likeness (QED) is 0.425. The molecular formula is C5H8N6S. The lowest BCUT2D eigenvalue weighted by molar-refractivity contribution is 0.810. The number of aromatic nitrogens is 2. The highest BCUT2D eigenvalue weighted by Crippen LogP contribution is 2.25. The molecule has 1 aromatic rings. The van der Waals surface area contributed by atoms with Crippen molar-refractivity contribution in [2.24, 2.45) is 0 Å². The van der Waals surface area contributed by atoms with Crippen molar-refractivity contribution in [1.29, 1.82) is 0 Å². The van der Waals surface area contributed by atoms with E-state index in [1.165, 1.54) is 0 Å². The first kappa shape index (κ1) is 7.32. The summed E-state index contributed by atoms with van der Waals surface area (Å²) in [5, 5.41) is 1.74. The second-order valence-electron chi connectivity index (χ2n) is 2.45. The van der Waals surface area contributed by atoms with Crippen molar-refractivity contribution in [2.75, 3.05) is 23.2 Å². The molecule has 0 bridgehead atoms. The van der Waals surface area contributed by atoms with Crippen LogP contribution in [-0.4, -0.2) is 17.0 Å². The number of nitrogens with zero attached hydrogens (tertiary/aromatic N) is 2. The molecule has 0 saturated heterocycles. The SMILES string of the molecule is CN1NNc2c1[nH]c(N)nc2=S. The summed E-state index contributed by atoms with van der Waals surface area (Å²) in [6.45, 7) is 0. The van der Waals surface area contributed by atoms with E-state index in [1.54, 1.807) is 5.01 Å². The number of nitrogen functional groups attached to an aromatic ring is 1. The summed E-state index contributed by atoms with van der Waals surface area (Å²) in [6, 6.07) is 0. The molecule has 2 rings (SSSR count). The molecule has 12 heavy (non-hydrogen) atoms. The van der Waals surface area contributed by atoms with Gasteiger partial charge in [0.1, 0.15) is 5.69 Å². The summed E-state index contributed by atoms with van der Waals surface area (Å²) in [7, 11) is 1.84. The normalized spacial score (nSPS) is 14.2. The van der Waals surface area contributed by atoms with Crippen molar-refractivity contribution in [1.82, 2.24) is 15.5 Å². The number of nitrogens with two attached hydrogens (primary N) is 1. The zero-order valence-corrected chi connectivity index (χ0v) is 7.20. The zero-order valence-electron chi connectivity index (χ0n) is 6.38. The van der Waals surface area contributed by atoms with Gasteiger partial charge in [0.25, 0.3) is 0 Å². The summed E-state index contributed by atoms with van der Waals surface area (Å²) in [5.41, 5.74) is 11.9. The molecule has 0 aromatic carbocycles. The van der Waals surface area contributed by atoms with E-state index in [4.69, 9.17) is 18.0 Å². The fourth-order valence-corrected chi connectivity index (χ4v) is 1.28. The largest absolute Gasteiger partial charge is 0.369 e. The maximum absolute atomic E-state index is 5.48. The highest BCUT2D eigenvalue weighted by molar-refractivity contribution is 7.71. The van der Waals surface area contributed by atoms with Crippen LogP contribution in [0.2, 0.25) is 0 Å². The Morgan fingerprint density at radius 3 is 3.08 bits per heavy atom. The van der Waals surface area contributed by atoms with Gasteiger partial charge in [-0.25, -0.2) is 4.98 Å². The molecule has 2 heterocycles. The standard InChI is InChI=1S/C5H8N6S/c1-11-3-2(9-10-11)4(12)8-5(6)7-3/h9-10H,1H3,(H3,6,7,8,12). The molecule has 0 saturated carbocycles. The van der Waals surface area contributed by atoms with Gasteiger partial charge in [-0.05, 0) is 0 Å². The van der Waals surface area contributed by atoms with Gasteiger partial charge >= 0.3 is 0 Å². The Kier molecular flexibility index (Phi) is 1.42. The minimum absolute atomic E-state index is 0.316. The second kappa shape index (κ2) is 2.32. The number of hydrazine groups is 2. The average molecular weight is 184 g/mol. The monoisotopic (exact) mass is 184 g/mol. The van der Waals surface area contributed by atoms with Gasteiger partial charge in [0.15, 0.2) is 16.4 Å². The molecular weight excluding hydrogens is 176 g/mol. The van der Waals surface area contributed by atoms with Crippen LogP contribution in [0, 0.1) is 4.64 Å². The highest BCUT2D eigenvalue weighted by atomic mass is 32.1. The lowest BCUT2D eigenvalue weighted by Gasteiger charge is -2.09. The minimum atomic E-state index is 0.316. The van der Waals surface area contributed by atoms with Crippen LogP contribution in [0.3, 0.4) is 0 Å². The van der Waals surface area contributed by atoms with E-state index >= 15 is 0 Å². The first-order valence-corrected chi connectivity index (χ1v) is 3.74. The Labute approximate surface area is 73.7 Å². The summed E-state index contributed by atoms with van der Waals surface area (Å²) in [5.74, 6) is 1.11. The molecule has 1 aliphatic heterocycles. The third kappa shape index (κ3) is 0.908. The Morgan fingerprint density at radius 2 is 2.33 bits per heavy atom. The number of nitrogens with one attached hydrogen (secondary N) is 3. The van der Waals surface area contributed by atoms with Gasteiger partial charge in [-0.15, -0.1) is 5.53 Å². The number of anilines is 3. The van der Waals surface area contributed by atoms with Gasteiger partial charge < -0.3 is 10.7 Å². The van der Waals surface area contributed by atoms with Crippen molar-refractivity contribution in [3.05, 3.63) is 4.64 Å². The van der Waals surface area contributed by atoms with Crippen LogP contribution in [0.5, 0.6) is 0 Å². The van der Waals surface area contributed by atoms with Gasteiger partial charge in [-0.2, -0.15) is 0 Å². The van der Waals surface area contributed by atoms with Crippen LogP contribution >= 0.6 is 12.2 Å². The molecule has 7 heteroatoms. The summed E-state index contributed by atoms with van der Waals surface area (Å²) >= 11 is 4.98. The molecule has 0 amide bonds. The summed E-state index contributed by atoms with van der Waals surface area (Å²) in [6.07, 6.45) is 0. The van der Waals surface area contributed by atoms with E-state index in [0.717, 1.165) is 11.5 Å². The molecule has 0 fully saturated rings. The zero-order chi connectivity index (χ0) is 8.72. The highest BCUT2D eigenvalue weighted by Gasteiger charge is 2.17. The van der Waals surface area contributed by atoms with E-state index in [9.17, 15) is 0 Å². The molecule has 0 atom stereocenters. The lowest BCUT2D eigenvalue weighted by atomic mass is 10.5. The number of rotatable bonds is 0. The van der Waals surface area contributed by atoms with Crippen LogP contribution < -0.4 is 21.7 Å². The number of fused-ring (bicyclic) bond motifs is 1. The molecule has 0 spiro atoms. The molecule has 0 radical (unpaired) electrons. The second-order valence-corrected chi connectivity index (χ2v) is 2.83. The molecule has 0 unspecified atom stereocenters. The van der Waals surface area contributed by atoms with Crippen LogP contribution in [-0.2, 0) is 0 Å². The van der Waals surface area contributed by atoms with Crippen LogP contribution in [0.1, 0.15) is 0 Å². The molecule has 5 N–H and O–H groups in total. The van der Waals surface area contributed by atoms with Crippen molar-refractivity contribution in [3.8, 4) is 0 Å². The van der Waals surface area contributed by atoms with Crippen LogP contribution in [0.25, 0.3) is 0 Å². The number of hydrogen-bond donors (Lipinski definition) is 4. The fraction of sp³-hybridized carbons (Fsp3) is 0.200. The van der Waals surface area contributed by atoms with E-state index in [-0.39, 0.29) is 0 Å². The molecule has 6 nitrogen and oxygen atoms in total. The first-order chi connectivity index (χ1) is 5.68. The van der Waals surface area contributed by atoms with Crippen molar-refractivity contribution < 1.29 is 0 Å². The summed E-state index contributed by atoms with van der Waals surface area (Å²) in [4.78, 5) is 6.77. The Bertz CT molecular complexity index is 371. The van der Waals surface area contributed by atoms with Crippen LogP contribution in [0.15, 0.2) is 0 Å². The van der Waals surface area contributed by atoms with Gasteiger partial charge in [0.2, 0.25) is 0 Å². The maximum atomic E-state index is 5.48. The van der Waals surface area contributed by atoms with Crippen LogP contribution in [0.4, 0.5) is 17.5 Å². The summed E-state index contributed by atoms with van der Waals surface area (Å²) < 4.78 is 0.457. The van der Waals surface area contributed by atoms with E-state index < -0.39 is 0 Å². The average Bonchev–Trinajstić information content (AvgIpc) is 2.33. The Morgan fingerprint density at radius 1 is 1.58 bits per heavy atom. The third-order valence-corrected chi connectivity index (χ3v) is 1.90. The molecule has 1 aromatic heterocycles. The maximum Gasteiger partial charge on any atom is 0.200 e. The number of aromatic amines is 1. The Hall–Kier alpha value is -1.34. The Balaban J connectivity index is 2.68. The fourth-order valence-electron chi connectivity index (χ4n) is 1.04. The van der Waals surface area contributed by atoms with Crippen molar-refractivity contribution >= 4 is 29.7 Å². The minimum Gasteiger partial charge on any atom is -0.369 e. The number of hydrogen-bond acceptors (Lipinski definition) is 6. The van der Waals surface area contributed by atoms with Crippen molar-refractivity contribution in [3.63, 3.8) is 0 Å². The van der Waals surface area contributed by atoms with E-state index in [0.29, 0.717) is 10.6 Å². The third-order valence-electron chi connectivity index (χ3n) is 1.60. The first-order valence-electron chi connectivity index (χ1n) is 3.33. The van der Waals surface area contributed by atoms with Gasteiger partial charge in [-0.1, -0.05) is 12.2 Å². The van der Waals surface area contributed by atoms with Gasteiger partial charge in [0.05, 0.1) is 0 Å². The lowest BCUT2D eigenvalue weighted by Crippen LogP contribution is -2.32. The molecule has 64 valence electrons.